The van der Waals surface area contributed by atoms with Crippen LogP contribution in [0.1, 0.15) is 38.5 Å². The molecule has 1 amide bonds. The number of nitrogens with one attached hydrogen (secondary N) is 1. The minimum absolute atomic E-state index is 0.152. The van der Waals surface area contributed by atoms with Crippen LogP contribution in [0.4, 0.5) is 0 Å². The molecule has 112 valence electrons. The van der Waals surface area contributed by atoms with E-state index < -0.39 is 0 Å². The average Bonchev–Trinajstić information content (AvgIpc) is 2.49. The summed E-state index contributed by atoms with van der Waals surface area (Å²) in [6.07, 6.45) is 11.2. The van der Waals surface area contributed by atoms with Gasteiger partial charge in [0.15, 0.2) is 0 Å². The fraction of sp³-hybridized carbons (Fsp3) is 0.812. The smallest absolute Gasteiger partial charge is 0.223 e. The van der Waals surface area contributed by atoms with Crippen molar-refractivity contribution in [1.82, 2.24) is 10.2 Å². The Balaban J connectivity index is 1.70. The van der Waals surface area contributed by atoms with Gasteiger partial charge in [0.2, 0.25) is 5.91 Å². The molecule has 4 heteroatoms. The maximum Gasteiger partial charge on any atom is 0.223 e. The predicted octanol–water partition coefficient (Wildman–Crippen LogP) is 0.999. The van der Waals surface area contributed by atoms with Crippen LogP contribution in [0.25, 0.3) is 0 Å². The zero-order valence-electron chi connectivity index (χ0n) is 12.2. The molecule has 0 aromatic carbocycles. The Morgan fingerprint density at radius 3 is 2.40 bits per heavy atom. The Hall–Kier alpha value is -1.05. The molecule has 20 heavy (non-hydrogen) atoms. The molecule has 0 aromatic heterocycles. The third-order valence-corrected chi connectivity index (χ3v) is 4.72. The van der Waals surface area contributed by atoms with Gasteiger partial charge in [-0.2, -0.15) is 0 Å². The van der Waals surface area contributed by atoms with Crippen molar-refractivity contribution in [2.75, 3.05) is 26.2 Å². The highest BCUT2D eigenvalue weighted by Gasteiger charge is 2.27. The van der Waals surface area contributed by atoms with Crippen molar-refractivity contribution in [3.8, 4) is 12.3 Å². The van der Waals surface area contributed by atoms with Crippen LogP contribution in [-0.4, -0.2) is 48.2 Å². The summed E-state index contributed by atoms with van der Waals surface area (Å²) in [7, 11) is 0. The first kappa shape index (κ1) is 15.3. The number of terminal acetylenes is 1. The quantitative estimate of drug-likeness (QED) is 0.754. The molecule has 1 aliphatic heterocycles. The number of piperidine rings is 1. The van der Waals surface area contributed by atoms with Gasteiger partial charge in [-0.05, 0) is 57.5 Å². The molecule has 1 saturated carbocycles. The third-order valence-electron chi connectivity index (χ3n) is 4.72. The number of nitrogens with zero attached hydrogens (tertiary/aromatic N) is 1. The van der Waals surface area contributed by atoms with Crippen LogP contribution in [0.2, 0.25) is 0 Å². The third kappa shape index (κ3) is 4.22. The zero-order valence-corrected chi connectivity index (χ0v) is 12.2. The normalized spacial score (nSPS) is 28.8. The van der Waals surface area contributed by atoms with Gasteiger partial charge in [0, 0.05) is 18.6 Å². The number of carbonyl (C=O) groups excluding carboxylic acids is 1. The number of hydrogen-bond acceptors (Lipinski definition) is 3. The van der Waals surface area contributed by atoms with Crippen LogP contribution in [0.15, 0.2) is 0 Å². The van der Waals surface area contributed by atoms with Crippen LogP contribution < -0.4 is 5.32 Å². The van der Waals surface area contributed by atoms with Crippen molar-refractivity contribution in [2.45, 2.75) is 44.6 Å². The van der Waals surface area contributed by atoms with Gasteiger partial charge in [0.25, 0.3) is 0 Å². The fourth-order valence-electron chi connectivity index (χ4n) is 3.29. The molecule has 0 bridgehead atoms. The molecule has 0 atom stereocenters. The molecule has 0 radical (unpaired) electrons. The summed E-state index contributed by atoms with van der Waals surface area (Å²) in [5.74, 6) is 3.47. The topological polar surface area (TPSA) is 52.6 Å². The largest absolute Gasteiger partial charge is 0.396 e. The number of aliphatic hydroxyl groups excluding tert-OH is 1. The van der Waals surface area contributed by atoms with Gasteiger partial charge in [-0.1, -0.05) is 5.92 Å². The molecule has 2 rings (SSSR count). The molecule has 2 N–H and O–H groups in total. The first-order chi connectivity index (χ1) is 9.72. The molecule has 0 unspecified atom stereocenters. The number of amides is 1. The summed E-state index contributed by atoms with van der Waals surface area (Å²) >= 11 is 0. The van der Waals surface area contributed by atoms with E-state index in [0.29, 0.717) is 18.5 Å². The van der Waals surface area contributed by atoms with Crippen LogP contribution in [0.3, 0.4) is 0 Å². The summed E-state index contributed by atoms with van der Waals surface area (Å²) in [5.41, 5.74) is 0. The van der Waals surface area contributed by atoms with Crippen LogP contribution in [0, 0.1) is 24.2 Å². The second-order valence-corrected chi connectivity index (χ2v) is 6.16. The summed E-state index contributed by atoms with van der Waals surface area (Å²) in [6, 6.07) is 0.314. The lowest BCUT2D eigenvalue weighted by atomic mass is 9.86. The van der Waals surface area contributed by atoms with E-state index in [2.05, 4.69) is 16.1 Å². The SMILES string of the molecule is C#CCN1CCC(C(=O)NC2CCC(CO)CC2)CC1. The number of hydrogen-bond donors (Lipinski definition) is 2. The van der Waals surface area contributed by atoms with Gasteiger partial charge in [0.1, 0.15) is 0 Å². The van der Waals surface area contributed by atoms with E-state index in [1.165, 1.54) is 0 Å². The molecule has 1 saturated heterocycles. The minimum atomic E-state index is 0.152. The molecule has 2 fully saturated rings. The van der Waals surface area contributed by atoms with E-state index in [-0.39, 0.29) is 18.4 Å². The van der Waals surface area contributed by atoms with Crippen LogP contribution in [-0.2, 0) is 4.79 Å². The molecule has 1 heterocycles. The first-order valence-corrected chi connectivity index (χ1v) is 7.80. The Labute approximate surface area is 121 Å². The predicted molar refractivity (Wildman–Crippen MR) is 79.0 cm³/mol. The second-order valence-electron chi connectivity index (χ2n) is 6.16. The molecule has 2 aliphatic rings. The Bertz CT molecular complexity index is 348. The number of carbonyl (C=O) groups is 1. The van der Waals surface area contributed by atoms with E-state index in [9.17, 15) is 4.79 Å². The highest BCUT2D eigenvalue weighted by Crippen LogP contribution is 2.24. The maximum absolute atomic E-state index is 12.3. The summed E-state index contributed by atoms with van der Waals surface area (Å²) in [4.78, 5) is 14.5. The van der Waals surface area contributed by atoms with E-state index in [4.69, 9.17) is 11.5 Å². The summed E-state index contributed by atoms with van der Waals surface area (Å²) < 4.78 is 0. The maximum atomic E-state index is 12.3. The average molecular weight is 278 g/mol. The fourth-order valence-corrected chi connectivity index (χ4v) is 3.29. The van der Waals surface area contributed by atoms with Gasteiger partial charge in [-0.25, -0.2) is 0 Å². The lowest BCUT2D eigenvalue weighted by Gasteiger charge is -2.32. The van der Waals surface area contributed by atoms with Gasteiger partial charge >= 0.3 is 0 Å². The number of rotatable bonds is 4. The van der Waals surface area contributed by atoms with E-state index >= 15 is 0 Å². The zero-order chi connectivity index (χ0) is 14.4. The lowest BCUT2D eigenvalue weighted by molar-refractivity contribution is -0.127. The summed E-state index contributed by atoms with van der Waals surface area (Å²) in [6.45, 7) is 2.84. The monoisotopic (exact) mass is 278 g/mol. The first-order valence-electron chi connectivity index (χ1n) is 7.80. The van der Waals surface area contributed by atoms with Crippen molar-refractivity contribution in [2.24, 2.45) is 11.8 Å². The molecule has 0 spiro atoms. The number of aliphatic hydroxyl groups is 1. The van der Waals surface area contributed by atoms with Gasteiger partial charge in [-0.15, -0.1) is 6.42 Å². The highest BCUT2D eigenvalue weighted by atomic mass is 16.3. The van der Waals surface area contributed by atoms with Gasteiger partial charge in [-0.3, -0.25) is 9.69 Å². The van der Waals surface area contributed by atoms with Crippen LogP contribution >= 0.6 is 0 Å². The Morgan fingerprint density at radius 2 is 1.85 bits per heavy atom. The molecule has 0 aromatic rings. The Morgan fingerprint density at radius 1 is 1.20 bits per heavy atom. The van der Waals surface area contributed by atoms with E-state index in [0.717, 1.165) is 51.6 Å². The standard InChI is InChI=1S/C16H26N2O2/c1-2-9-18-10-7-14(8-11-18)16(20)17-15-5-3-13(12-19)4-6-15/h1,13-15,19H,3-12H2,(H,17,20). The molecular formula is C16H26N2O2. The van der Waals surface area contributed by atoms with Crippen molar-refractivity contribution in [3.05, 3.63) is 0 Å². The molecular weight excluding hydrogens is 252 g/mol. The van der Waals surface area contributed by atoms with Crippen molar-refractivity contribution < 1.29 is 9.90 Å². The summed E-state index contributed by atoms with van der Waals surface area (Å²) in [5, 5.41) is 12.3. The second kappa shape index (κ2) is 7.66. The highest BCUT2D eigenvalue weighted by molar-refractivity contribution is 5.79. The lowest BCUT2D eigenvalue weighted by Crippen LogP contribution is -2.45. The molecule has 1 aliphatic carbocycles. The van der Waals surface area contributed by atoms with Crippen LogP contribution in [0.5, 0.6) is 0 Å². The van der Waals surface area contributed by atoms with Gasteiger partial charge in [0.05, 0.1) is 6.54 Å². The van der Waals surface area contributed by atoms with Crippen molar-refractivity contribution >= 4 is 5.91 Å². The molecule has 4 nitrogen and oxygen atoms in total. The van der Waals surface area contributed by atoms with Gasteiger partial charge < -0.3 is 10.4 Å². The number of likely N-dealkylation sites (tertiary alicyclic amines) is 1. The van der Waals surface area contributed by atoms with E-state index in [1.54, 1.807) is 0 Å². The minimum Gasteiger partial charge on any atom is -0.396 e. The van der Waals surface area contributed by atoms with Crippen molar-refractivity contribution in [3.63, 3.8) is 0 Å². The Kier molecular flexibility index (Phi) is 5.87. The van der Waals surface area contributed by atoms with E-state index in [1.807, 2.05) is 0 Å². The van der Waals surface area contributed by atoms with Crippen molar-refractivity contribution in [1.29, 1.82) is 0 Å².